The van der Waals surface area contributed by atoms with Crippen LogP contribution in [0.4, 0.5) is 5.13 Å². The molecule has 4 aromatic rings. The number of benzene rings is 3. The van der Waals surface area contributed by atoms with Gasteiger partial charge in [-0.3, -0.25) is 14.5 Å². The normalized spacial score (nSPS) is 17.1. The Morgan fingerprint density at radius 3 is 2.56 bits per heavy atom. The molecule has 8 nitrogen and oxygen atoms in total. The molecular weight excluding hydrogens is 480 g/mol. The molecule has 2 N–H and O–H groups in total. The predicted octanol–water partition coefficient (Wildman–Crippen LogP) is 5.04. The van der Waals surface area contributed by atoms with Crippen molar-refractivity contribution in [3.63, 3.8) is 0 Å². The van der Waals surface area contributed by atoms with E-state index in [0.29, 0.717) is 39.9 Å². The molecule has 0 aliphatic carbocycles. The van der Waals surface area contributed by atoms with Gasteiger partial charge in [0.05, 0.1) is 35.5 Å². The van der Waals surface area contributed by atoms with Crippen molar-refractivity contribution in [2.45, 2.75) is 13.0 Å². The number of aromatic nitrogens is 1. The Labute approximate surface area is 210 Å². The second kappa shape index (κ2) is 9.35. The van der Waals surface area contributed by atoms with Crippen LogP contribution in [0.3, 0.4) is 0 Å². The molecule has 9 heteroatoms. The number of hydrogen-bond acceptors (Lipinski definition) is 8. The Morgan fingerprint density at radius 2 is 1.83 bits per heavy atom. The van der Waals surface area contributed by atoms with Gasteiger partial charge in [0.25, 0.3) is 5.78 Å². The number of Topliss-reactive ketones (excluding diaryl/α,β-unsaturated/α-hetero) is 1. The molecule has 1 unspecified atom stereocenters. The van der Waals surface area contributed by atoms with Crippen LogP contribution in [-0.4, -0.2) is 40.6 Å². The van der Waals surface area contributed by atoms with Crippen molar-refractivity contribution >= 4 is 44.1 Å². The van der Waals surface area contributed by atoms with Gasteiger partial charge in [-0.25, -0.2) is 4.98 Å². The molecule has 1 aromatic heterocycles. The summed E-state index contributed by atoms with van der Waals surface area (Å²) in [6.07, 6.45) is 0. The number of phenols is 1. The maximum atomic E-state index is 13.4. The number of methoxy groups -OCH3 is 1. The molecule has 0 saturated carbocycles. The summed E-state index contributed by atoms with van der Waals surface area (Å²) in [6, 6.07) is 17.3. The summed E-state index contributed by atoms with van der Waals surface area (Å²) in [7, 11) is 1.56. The number of nitrogens with zero attached hydrogens (tertiary/aromatic N) is 2. The van der Waals surface area contributed by atoms with Crippen LogP contribution < -0.4 is 14.4 Å². The summed E-state index contributed by atoms with van der Waals surface area (Å²) in [4.78, 5) is 32.6. The van der Waals surface area contributed by atoms with E-state index in [2.05, 4.69) is 4.98 Å². The van der Waals surface area contributed by atoms with Crippen LogP contribution >= 0.6 is 11.3 Å². The minimum Gasteiger partial charge on any atom is -0.508 e. The minimum atomic E-state index is -0.955. The van der Waals surface area contributed by atoms with Crippen molar-refractivity contribution < 1.29 is 29.3 Å². The fourth-order valence-corrected chi connectivity index (χ4v) is 5.20. The number of rotatable bonds is 6. The number of ketones is 1. The van der Waals surface area contributed by atoms with E-state index in [9.17, 15) is 19.8 Å². The molecule has 2 heterocycles. The van der Waals surface area contributed by atoms with E-state index in [0.717, 1.165) is 4.70 Å². The number of carbonyl (C=O) groups is 2. The monoisotopic (exact) mass is 502 g/mol. The zero-order chi connectivity index (χ0) is 25.4. The van der Waals surface area contributed by atoms with Gasteiger partial charge < -0.3 is 19.7 Å². The Bertz CT molecular complexity index is 1510. The number of carbonyl (C=O) groups excluding carboxylic acids is 2. The fraction of sp³-hybridized carbons (Fsp3) is 0.148. The molecule has 0 radical (unpaired) electrons. The van der Waals surface area contributed by atoms with Crippen LogP contribution in [0.15, 0.2) is 72.3 Å². The molecule has 1 fully saturated rings. The number of amides is 1. The van der Waals surface area contributed by atoms with Crippen molar-refractivity contribution in [3.05, 3.63) is 83.4 Å². The van der Waals surface area contributed by atoms with Gasteiger partial charge >= 0.3 is 5.91 Å². The lowest BCUT2D eigenvalue weighted by Gasteiger charge is -2.23. The highest BCUT2D eigenvalue weighted by Gasteiger charge is 2.48. The van der Waals surface area contributed by atoms with Crippen molar-refractivity contribution in [3.8, 4) is 17.2 Å². The number of aliphatic hydroxyl groups excluding tert-OH is 1. The summed E-state index contributed by atoms with van der Waals surface area (Å²) >= 11 is 1.24. The van der Waals surface area contributed by atoms with Crippen LogP contribution in [0, 0.1) is 0 Å². The van der Waals surface area contributed by atoms with E-state index in [-0.39, 0.29) is 17.1 Å². The van der Waals surface area contributed by atoms with E-state index in [1.807, 2.05) is 13.0 Å². The maximum absolute atomic E-state index is 13.4. The highest BCUT2D eigenvalue weighted by Crippen LogP contribution is 2.45. The van der Waals surface area contributed by atoms with E-state index < -0.39 is 17.7 Å². The molecule has 0 bridgehead atoms. The summed E-state index contributed by atoms with van der Waals surface area (Å²) in [5.41, 5.74) is 1.45. The van der Waals surface area contributed by atoms with Gasteiger partial charge in [0.1, 0.15) is 23.0 Å². The second-order valence-corrected chi connectivity index (χ2v) is 9.06. The summed E-state index contributed by atoms with van der Waals surface area (Å²) in [5.74, 6) is -0.752. The average molecular weight is 503 g/mol. The highest BCUT2D eigenvalue weighted by molar-refractivity contribution is 7.22. The summed E-state index contributed by atoms with van der Waals surface area (Å²) in [5, 5.41) is 21.4. The molecule has 5 rings (SSSR count). The molecule has 1 atom stereocenters. The Morgan fingerprint density at radius 1 is 1.06 bits per heavy atom. The lowest BCUT2D eigenvalue weighted by molar-refractivity contribution is -0.132. The standard InChI is InChI=1S/C27H22N2O6S/c1-3-35-19-6-4-5-16(13-19)24(31)22-23(15-7-9-17(30)10-8-15)29(26(33)25(22)32)27-28-20-12-11-18(34-2)14-21(20)36-27/h4-14,23,30-31H,3H2,1-2H3/b24-22+. The minimum absolute atomic E-state index is 0.0344. The van der Waals surface area contributed by atoms with Crippen molar-refractivity contribution in [2.24, 2.45) is 0 Å². The van der Waals surface area contributed by atoms with Crippen molar-refractivity contribution in [1.82, 2.24) is 4.98 Å². The number of fused-ring (bicyclic) bond motifs is 1. The first kappa shape index (κ1) is 23.4. The van der Waals surface area contributed by atoms with Gasteiger partial charge in [-0.1, -0.05) is 35.6 Å². The van der Waals surface area contributed by atoms with Gasteiger partial charge in [-0.2, -0.15) is 0 Å². The average Bonchev–Trinajstić information content (AvgIpc) is 3.42. The van der Waals surface area contributed by atoms with Crippen LogP contribution in [0.5, 0.6) is 17.2 Å². The van der Waals surface area contributed by atoms with E-state index in [4.69, 9.17) is 9.47 Å². The third-order valence-corrected chi connectivity index (χ3v) is 6.88. The van der Waals surface area contributed by atoms with Gasteiger partial charge in [0.15, 0.2) is 5.13 Å². The number of ether oxygens (including phenoxy) is 2. The summed E-state index contributed by atoms with van der Waals surface area (Å²) < 4.78 is 11.6. The van der Waals surface area contributed by atoms with Crippen LogP contribution in [-0.2, 0) is 9.59 Å². The van der Waals surface area contributed by atoms with Crippen molar-refractivity contribution in [1.29, 1.82) is 0 Å². The molecule has 1 aliphatic rings. The maximum Gasteiger partial charge on any atom is 0.301 e. The lowest BCUT2D eigenvalue weighted by Crippen LogP contribution is -2.29. The molecule has 3 aromatic carbocycles. The van der Waals surface area contributed by atoms with Crippen LogP contribution in [0.1, 0.15) is 24.1 Å². The first-order chi connectivity index (χ1) is 17.4. The quantitative estimate of drug-likeness (QED) is 0.216. The van der Waals surface area contributed by atoms with Crippen molar-refractivity contribution in [2.75, 3.05) is 18.6 Å². The first-order valence-electron chi connectivity index (χ1n) is 11.2. The number of thiazole rings is 1. The molecule has 182 valence electrons. The number of hydrogen-bond donors (Lipinski definition) is 2. The molecular formula is C27H22N2O6S. The van der Waals surface area contributed by atoms with Crippen LogP contribution in [0.25, 0.3) is 16.0 Å². The zero-order valence-corrected chi connectivity index (χ0v) is 20.3. The van der Waals surface area contributed by atoms with Gasteiger partial charge in [0.2, 0.25) is 0 Å². The summed E-state index contributed by atoms with van der Waals surface area (Å²) in [6.45, 7) is 2.28. The SMILES string of the molecule is CCOc1cccc(/C(O)=C2\C(=O)C(=O)N(c3nc4ccc(OC)cc4s3)C2c2ccc(O)cc2)c1. The zero-order valence-electron chi connectivity index (χ0n) is 19.5. The van der Waals surface area contributed by atoms with Gasteiger partial charge in [-0.05, 0) is 55.0 Å². The van der Waals surface area contributed by atoms with E-state index >= 15 is 0 Å². The number of aliphatic hydroxyl groups is 1. The van der Waals surface area contributed by atoms with Gasteiger partial charge in [0, 0.05) is 5.56 Å². The largest absolute Gasteiger partial charge is 0.508 e. The molecule has 36 heavy (non-hydrogen) atoms. The number of phenolic OH excluding ortho intramolecular Hbond substituents is 1. The molecule has 1 aliphatic heterocycles. The lowest BCUT2D eigenvalue weighted by atomic mass is 9.95. The first-order valence-corrected chi connectivity index (χ1v) is 12.0. The molecule has 1 amide bonds. The highest BCUT2D eigenvalue weighted by atomic mass is 32.1. The van der Waals surface area contributed by atoms with Crippen LogP contribution in [0.2, 0.25) is 0 Å². The number of aromatic hydroxyl groups is 1. The molecule has 1 saturated heterocycles. The predicted molar refractivity (Wildman–Crippen MR) is 137 cm³/mol. The third kappa shape index (κ3) is 4.03. The Balaban J connectivity index is 1.69. The van der Waals surface area contributed by atoms with E-state index in [1.165, 1.54) is 28.4 Å². The third-order valence-electron chi connectivity index (χ3n) is 5.86. The van der Waals surface area contributed by atoms with Gasteiger partial charge in [-0.15, -0.1) is 0 Å². The fourth-order valence-electron chi connectivity index (χ4n) is 4.18. The second-order valence-electron chi connectivity index (χ2n) is 8.05. The molecule has 0 spiro atoms. The topological polar surface area (TPSA) is 109 Å². The Hall–Kier alpha value is -4.37. The number of anilines is 1. The van der Waals surface area contributed by atoms with E-state index in [1.54, 1.807) is 55.6 Å². The Kier molecular flexibility index (Phi) is 6.07. The smallest absolute Gasteiger partial charge is 0.301 e.